The second kappa shape index (κ2) is 6.86. The summed E-state index contributed by atoms with van der Waals surface area (Å²) in [5.41, 5.74) is 1.06. The van der Waals surface area contributed by atoms with Gasteiger partial charge in [-0.05, 0) is 37.0 Å². The van der Waals surface area contributed by atoms with Crippen LogP contribution >= 0.6 is 0 Å². The monoisotopic (exact) mass is 251 g/mol. The first-order valence-corrected chi connectivity index (χ1v) is 6.90. The van der Waals surface area contributed by atoms with Gasteiger partial charge in [0.1, 0.15) is 5.82 Å². The fourth-order valence-electron chi connectivity index (χ4n) is 1.88. The molecule has 0 radical (unpaired) electrons. The summed E-state index contributed by atoms with van der Waals surface area (Å²) in [6.45, 7) is 3.74. The lowest BCUT2D eigenvalue weighted by Crippen LogP contribution is -2.25. The summed E-state index contributed by atoms with van der Waals surface area (Å²) in [5, 5.41) is 3.48. The van der Waals surface area contributed by atoms with Crippen LogP contribution in [-0.4, -0.2) is 19.2 Å². The Labute approximate surface area is 109 Å². The van der Waals surface area contributed by atoms with Crippen LogP contribution < -0.4 is 5.32 Å². The summed E-state index contributed by atoms with van der Waals surface area (Å²) in [4.78, 5) is 0. The number of nitrogens with one attached hydrogen (secondary N) is 1. The second-order valence-corrected chi connectivity index (χ2v) is 4.95. The Morgan fingerprint density at radius 2 is 2.06 bits per heavy atom. The van der Waals surface area contributed by atoms with E-state index < -0.39 is 0 Å². The fraction of sp³-hybridized carbons (Fsp3) is 0.600. The number of unbranched alkanes of at least 4 members (excludes halogenated alkanes) is 1. The van der Waals surface area contributed by atoms with Gasteiger partial charge in [-0.25, -0.2) is 4.39 Å². The highest BCUT2D eigenvalue weighted by Gasteiger charge is 2.22. The molecule has 1 atom stereocenters. The van der Waals surface area contributed by atoms with Crippen LogP contribution in [0.2, 0.25) is 0 Å². The minimum Gasteiger partial charge on any atom is -0.372 e. The van der Waals surface area contributed by atoms with Crippen LogP contribution in [0.1, 0.15) is 44.3 Å². The maximum atomic E-state index is 12.9. The number of ether oxygens (including phenoxy) is 1. The summed E-state index contributed by atoms with van der Waals surface area (Å²) in [6.07, 6.45) is 4.78. The average molecular weight is 251 g/mol. The molecule has 0 bridgehead atoms. The third-order valence-electron chi connectivity index (χ3n) is 3.23. The standard InChI is InChI=1S/C15H22FNO/c1-2-3-10-18-15(11-17-14-8-9-14)12-4-6-13(16)7-5-12/h4-7,14-15,17H,2-3,8-11H2,1H3. The molecule has 1 fully saturated rings. The molecule has 2 rings (SSSR count). The van der Waals surface area contributed by atoms with Gasteiger partial charge in [0.2, 0.25) is 0 Å². The Morgan fingerprint density at radius 1 is 1.33 bits per heavy atom. The zero-order valence-corrected chi connectivity index (χ0v) is 11.0. The molecule has 0 aliphatic heterocycles. The molecule has 0 saturated heterocycles. The largest absolute Gasteiger partial charge is 0.372 e. The molecule has 1 aliphatic carbocycles. The van der Waals surface area contributed by atoms with Crippen molar-refractivity contribution in [1.82, 2.24) is 5.32 Å². The van der Waals surface area contributed by atoms with E-state index in [1.165, 1.54) is 25.0 Å². The molecule has 0 aromatic heterocycles. The predicted molar refractivity (Wildman–Crippen MR) is 71.0 cm³/mol. The average Bonchev–Trinajstić information content (AvgIpc) is 3.19. The highest BCUT2D eigenvalue weighted by atomic mass is 19.1. The molecule has 0 heterocycles. The van der Waals surface area contributed by atoms with Crippen molar-refractivity contribution in [3.63, 3.8) is 0 Å². The van der Waals surface area contributed by atoms with Gasteiger partial charge >= 0.3 is 0 Å². The van der Waals surface area contributed by atoms with Gasteiger partial charge in [-0.1, -0.05) is 25.5 Å². The van der Waals surface area contributed by atoms with Crippen LogP contribution in [0.15, 0.2) is 24.3 Å². The number of hydrogen-bond acceptors (Lipinski definition) is 2. The van der Waals surface area contributed by atoms with Gasteiger partial charge in [0, 0.05) is 19.2 Å². The minimum atomic E-state index is -0.193. The van der Waals surface area contributed by atoms with Gasteiger partial charge in [0.25, 0.3) is 0 Å². The molecular formula is C15H22FNO. The Kier molecular flexibility index (Phi) is 5.14. The first-order valence-electron chi connectivity index (χ1n) is 6.90. The van der Waals surface area contributed by atoms with Gasteiger partial charge in [-0.2, -0.15) is 0 Å². The summed E-state index contributed by atoms with van der Waals surface area (Å²) < 4.78 is 18.8. The van der Waals surface area contributed by atoms with Crippen molar-refractivity contribution in [1.29, 1.82) is 0 Å². The number of halogens is 1. The van der Waals surface area contributed by atoms with Crippen LogP contribution in [0, 0.1) is 5.82 Å². The predicted octanol–water partition coefficient (Wildman–Crippen LogP) is 3.44. The number of hydrogen-bond donors (Lipinski definition) is 1. The molecule has 1 aromatic carbocycles. The molecule has 3 heteroatoms. The maximum Gasteiger partial charge on any atom is 0.123 e. The lowest BCUT2D eigenvalue weighted by Gasteiger charge is -2.19. The van der Waals surface area contributed by atoms with E-state index in [-0.39, 0.29) is 11.9 Å². The van der Waals surface area contributed by atoms with Crippen molar-refractivity contribution >= 4 is 0 Å². The lowest BCUT2D eigenvalue weighted by atomic mass is 10.1. The summed E-state index contributed by atoms with van der Waals surface area (Å²) >= 11 is 0. The van der Waals surface area contributed by atoms with E-state index in [2.05, 4.69) is 12.2 Å². The molecule has 0 amide bonds. The highest BCUT2D eigenvalue weighted by Crippen LogP contribution is 2.22. The second-order valence-electron chi connectivity index (χ2n) is 4.95. The lowest BCUT2D eigenvalue weighted by molar-refractivity contribution is 0.0503. The Hall–Kier alpha value is -0.930. The normalized spacial score (nSPS) is 16.8. The summed E-state index contributed by atoms with van der Waals surface area (Å²) in [6, 6.07) is 7.31. The van der Waals surface area contributed by atoms with E-state index >= 15 is 0 Å². The van der Waals surface area contributed by atoms with Crippen LogP contribution in [0.4, 0.5) is 4.39 Å². The first-order chi connectivity index (χ1) is 8.79. The Bertz CT molecular complexity index is 348. The van der Waals surface area contributed by atoms with Crippen molar-refractivity contribution < 1.29 is 9.13 Å². The molecule has 1 saturated carbocycles. The maximum absolute atomic E-state index is 12.9. The van der Waals surface area contributed by atoms with Gasteiger partial charge in [0.05, 0.1) is 6.10 Å². The first kappa shape index (κ1) is 13.5. The van der Waals surface area contributed by atoms with Crippen molar-refractivity contribution in [2.75, 3.05) is 13.2 Å². The van der Waals surface area contributed by atoms with Crippen LogP contribution in [0.25, 0.3) is 0 Å². The quantitative estimate of drug-likeness (QED) is 0.715. The number of rotatable bonds is 8. The molecule has 0 spiro atoms. The molecule has 1 aromatic rings. The molecule has 100 valence electrons. The highest BCUT2D eigenvalue weighted by molar-refractivity contribution is 5.19. The molecule has 1 aliphatic rings. The summed E-state index contributed by atoms with van der Waals surface area (Å²) in [7, 11) is 0. The fourth-order valence-corrected chi connectivity index (χ4v) is 1.88. The zero-order valence-electron chi connectivity index (χ0n) is 11.0. The van der Waals surface area contributed by atoms with E-state index in [4.69, 9.17) is 4.74 Å². The van der Waals surface area contributed by atoms with E-state index in [0.717, 1.165) is 31.6 Å². The van der Waals surface area contributed by atoms with E-state index in [1.807, 2.05) is 12.1 Å². The Balaban J connectivity index is 1.90. The van der Waals surface area contributed by atoms with E-state index in [0.29, 0.717) is 6.04 Å². The molecule has 2 nitrogen and oxygen atoms in total. The van der Waals surface area contributed by atoms with Crippen molar-refractivity contribution in [2.45, 2.75) is 44.8 Å². The van der Waals surface area contributed by atoms with Gasteiger partial charge in [0.15, 0.2) is 0 Å². The van der Waals surface area contributed by atoms with Gasteiger partial charge in [-0.15, -0.1) is 0 Å². The van der Waals surface area contributed by atoms with Crippen molar-refractivity contribution in [3.8, 4) is 0 Å². The topological polar surface area (TPSA) is 21.3 Å². The smallest absolute Gasteiger partial charge is 0.123 e. The third kappa shape index (κ3) is 4.39. The van der Waals surface area contributed by atoms with Crippen molar-refractivity contribution in [2.24, 2.45) is 0 Å². The number of benzene rings is 1. The van der Waals surface area contributed by atoms with Crippen LogP contribution in [0.3, 0.4) is 0 Å². The van der Waals surface area contributed by atoms with E-state index in [1.54, 1.807) is 0 Å². The summed E-state index contributed by atoms with van der Waals surface area (Å²) in [5.74, 6) is -0.193. The van der Waals surface area contributed by atoms with Crippen LogP contribution in [0.5, 0.6) is 0 Å². The van der Waals surface area contributed by atoms with Crippen LogP contribution in [-0.2, 0) is 4.74 Å². The SMILES string of the molecule is CCCCOC(CNC1CC1)c1ccc(F)cc1. The molecule has 1 N–H and O–H groups in total. The molecule has 1 unspecified atom stereocenters. The molecular weight excluding hydrogens is 229 g/mol. The van der Waals surface area contributed by atoms with Crippen molar-refractivity contribution in [3.05, 3.63) is 35.6 Å². The molecule has 18 heavy (non-hydrogen) atoms. The van der Waals surface area contributed by atoms with Gasteiger partial charge in [-0.3, -0.25) is 0 Å². The minimum absolute atomic E-state index is 0.0396. The third-order valence-corrected chi connectivity index (χ3v) is 3.23. The van der Waals surface area contributed by atoms with E-state index in [9.17, 15) is 4.39 Å². The zero-order chi connectivity index (χ0) is 12.8. The van der Waals surface area contributed by atoms with Gasteiger partial charge < -0.3 is 10.1 Å². The Morgan fingerprint density at radius 3 is 2.67 bits per heavy atom.